The molecule has 3 nitrogen and oxygen atoms in total. The van der Waals surface area contributed by atoms with Crippen LogP contribution in [0.2, 0.25) is 0 Å². The molecule has 0 spiro atoms. The molecule has 0 fully saturated rings. The van der Waals surface area contributed by atoms with Gasteiger partial charge < -0.3 is 4.74 Å². The first-order chi connectivity index (χ1) is 8.85. The minimum absolute atomic E-state index is 0.0516. The molecular weight excluding hydrogens is 262 g/mol. The zero-order valence-corrected chi connectivity index (χ0v) is 12.6. The number of nitrogens with zero attached hydrogens (tertiary/aromatic N) is 1. The second-order valence-corrected chi connectivity index (χ2v) is 5.78. The lowest BCUT2D eigenvalue weighted by atomic mass is 9.87. The average molecular weight is 282 g/mol. The number of fused-ring (bicyclic) bond motifs is 1. The molecule has 0 saturated heterocycles. The van der Waals surface area contributed by atoms with Gasteiger partial charge in [-0.15, -0.1) is 11.6 Å². The fourth-order valence-corrected chi connectivity index (χ4v) is 2.93. The predicted molar refractivity (Wildman–Crippen MR) is 77.5 cm³/mol. The van der Waals surface area contributed by atoms with E-state index in [1.54, 1.807) is 4.90 Å². The van der Waals surface area contributed by atoms with E-state index in [9.17, 15) is 4.79 Å². The fraction of sp³-hybridized carbons (Fsp3) is 0.533. The molecule has 0 N–H and O–H groups in total. The first-order valence-electron chi connectivity index (χ1n) is 6.54. The Labute approximate surface area is 119 Å². The molecule has 0 bridgehead atoms. The summed E-state index contributed by atoms with van der Waals surface area (Å²) in [6.07, 6.45) is 0.844. The van der Waals surface area contributed by atoms with Gasteiger partial charge in [-0.3, -0.25) is 9.69 Å². The van der Waals surface area contributed by atoms with E-state index in [2.05, 4.69) is 13.8 Å². The number of ether oxygens (including phenoxy) is 1. The fourth-order valence-electron chi connectivity index (χ4n) is 2.81. The van der Waals surface area contributed by atoms with Gasteiger partial charge in [-0.2, -0.15) is 0 Å². The van der Waals surface area contributed by atoms with Crippen LogP contribution in [0.15, 0.2) is 24.3 Å². The summed E-state index contributed by atoms with van der Waals surface area (Å²) in [5, 5.41) is 0. The molecule has 0 aliphatic carbocycles. The number of para-hydroxylation sites is 1. The van der Waals surface area contributed by atoms with Gasteiger partial charge in [0.05, 0.1) is 11.3 Å². The van der Waals surface area contributed by atoms with Crippen LogP contribution in [0.5, 0.6) is 0 Å². The molecule has 1 amide bonds. The molecular formula is C15H20ClNO2. The summed E-state index contributed by atoms with van der Waals surface area (Å²) < 4.78 is 6.22. The molecule has 1 unspecified atom stereocenters. The van der Waals surface area contributed by atoms with Crippen LogP contribution < -0.4 is 4.90 Å². The summed E-state index contributed by atoms with van der Waals surface area (Å²) in [4.78, 5) is 13.8. The van der Waals surface area contributed by atoms with Crippen LogP contribution in [0.4, 0.5) is 5.69 Å². The van der Waals surface area contributed by atoms with Gasteiger partial charge in [0, 0.05) is 5.56 Å². The maximum Gasteiger partial charge on any atom is 0.244 e. The summed E-state index contributed by atoms with van der Waals surface area (Å²) in [5.41, 5.74) is 0.845. The van der Waals surface area contributed by atoms with Crippen molar-refractivity contribution in [1.82, 2.24) is 0 Å². The van der Waals surface area contributed by atoms with Crippen molar-refractivity contribution in [3.8, 4) is 0 Å². The molecule has 0 radical (unpaired) electrons. The molecule has 1 atom stereocenters. The van der Waals surface area contributed by atoms with Crippen molar-refractivity contribution in [3.05, 3.63) is 29.8 Å². The molecule has 104 valence electrons. The molecule has 1 aromatic carbocycles. The predicted octanol–water partition coefficient (Wildman–Crippen LogP) is 3.65. The lowest BCUT2D eigenvalue weighted by Crippen LogP contribution is -2.57. The highest BCUT2D eigenvalue weighted by Gasteiger charge is 2.46. The summed E-state index contributed by atoms with van der Waals surface area (Å²) in [6.45, 7) is 7.96. The molecule has 2 rings (SSSR count). The molecule has 1 aromatic rings. The average Bonchev–Trinajstić information content (AvgIpc) is 2.37. The Balaban J connectivity index is 2.64. The first kappa shape index (κ1) is 14.4. The lowest BCUT2D eigenvalue weighted by Gasteiger charge is -2.50. The molecule has 1 heterocycles. The third kappa shape index (κ3) is 2.26. The Morgan fingerprint density at radius 2 is 1.95 bits per heavy atom. The molecule has 1 aliphatic heterocycles. The van der Waals surface area contributed by atoms with Crippen molar-refractivity contribution in [2.45, 2.75) is 45.4 Å². The smallest absolute Gasteiger partial charge is 0.244 e. The number of carbonyl (C=O) groups is 1. The monoisotopic (exact) mass is 281 g/mol. The SMILES string of the molecule is CCC1(C)OC(C)(C)N(C(=O)CCl)c2ccccc21. The van der Waals surface area contributed by atoms with Gasteiger partial charge in [-0.05, 0) is 33.3 Å². The van der Waals surface area contributed by atoms with Crippen LogP contribution in [0, 0.1) is 0 Å². The van der Waals surface area contributed by atoms with Gasteiger partial charge in [0.2, 0.25) is 5.91 Å². The van der Waals surface area contributed by atoms with Crippen molar-refractivity contribution in [3.63, 3.8) is 0 Å². The molecule has 4 heteroatoms. The quantitative estimate of drug-likeness (QED) is 0.775. The van der Waals surface area contributed by atoms with Gasteiger partial charge in [0.25, 0.3) is 0 Å². The zero-order chi connectivity index (χ0) is 14.3. The number of hydrogen-bond donors (Lipinski definition) is 0. The largest absolute Gasteiger partial charge is 0.345 e. The minimum Gasteiger partial charge on any atom is -0.345 e. The second-order valence-electron chi connectivity index (χ2n) is 5.51. The zero-order valence-electron chi connectivity index (χ0n) is 11.9. The van der Waals surface area contributed by atoms with Gasteiger partial charge in [0.1, 0.15) is 11.6 Å². The molecule has 0 saturated carbocycles. The van der Waals surface area contributed by atoms with Gasteiger partial charge in [-0.1, -0.05) is 25.1 Å². The number of benzene rings is 1. The van der Waals surface area contributed by atoms with E-state index in [1.807, 2.05) is 38.1 Å². The maximum atomic E-state index is 12.2. The van der Waals surface area contributed by atoms with Gasteiger partial charge >= 0.3 is 0 Å². The van der Waals surface area contributed by atoms with Crippen LogP contribution in [0.25, 0.3) is 0 Å². The number of halogens is 1. The van der Waals surface area contributed by atoms with Gasteiger partial charge in [-0.25, -0.2) is 0 Å². The van der Waals surface area contributed by atoms with Crippen molar-refractivity contribution >= 4 is 23.2 Å². The highest BCUT2D eigenvalue weighted by molar-refractivity contribution is 6.29. The third-order valence-electron chi connectivity index (χ3n) is 3.77. The summed E-state index contributed by atoms with van der Waals surface area (Å²) >= 11 is 5.74. The highest BCUT2D eigenvalue weighted by atomic mass is 35.5. The van der Waals surface area contributed by atoms with Crippen molar-refractivity contribution in [2.75, 3.05) is 10.8 Å². The standard InChI is InChI=1S/C15H20ClNO2/c1-5-15(4)11-8-6-7-9-12(11)17(13(18)10-16)14(2,3)19-15/h6-9H,5,10H2,1-4H3. The summed E-state index contributed by atoms with van der Waals surface area (Å²) in [7, 11) is 0. The number of alkyl halides is 1. The van der Waals surface area contributed by atoms with E-state index in [0.29, 0.717) is 0 Å². The van der Waals surface area contributed by atoms with Crippen LogP contribution >= 0.6 is 11.6 Å². The second kappa shape index (κ2) is 4.80. The number of anilines is 1. The lowest BCUT2D eigenvalue weighted by molar-refractivity contribution is -0.156. The number of amides is 1. The van der Waals surface area contributed by atoms with Crippen LogP contribution in [-0.2, 0) is 15.1 Å². The van der Waals surface area contributed by atoms with Crippen LogP contribution in [0.1, 0.15) is 39.7 Å². The van der Waals surface area contributed by atoms with Gasteiger partial charge in [0.15, 0.2) is 0 Å². The van der Waals surface area contributed by atoms with Crippen molar-refractivity contribution in [2.24, 2.45) is 0 Å². The Kier molecular flexibility index (Phi) is 3.63. The first-order valence-corrected chi connectivity index (χ1v) is 7.08. The third-order valence-corrected chi connectivity index (χ3v) is 4.00. The normalized spacial score (nSPS) is 25.0. The number of carbonyl (C=O) groups excluding carboxylic acids is 1. The Hall–Kier alpha value is -1.06. The number of rotatable bonds is 2. The molecule has 1 aliphatic rings. The van der Waals surface area contributed by atoms with Crippen LogP contribution in [0.3, 0.4) is 0 Å². The summed E-state index contributed by atoms with van der Waals surface area (Å²) in [6, 6.07) is 7.88. The van der Waals surface area contributed by atoms with Crippen molar-refractivity contribution < 1.29 is 9.53 Å². The summed E-state index contributed by atoms with van der Waals surface area (Å²) in [5.74, 6) is -0.193. The Morgan fingerprint density at radius 3 is 2.53 bits per heavy atom. The Morgan fingerprint density at radius 1 is 1.32 bits per heavy atom. The molecule has 0 aromatic heterocycles. The molecule has 19 heavy (non-hydrogen) atoms. The van der Waals surface area contributed by atoms with E-state index in [-0.39, 0.29) is 17.4 Å². The Bertz CT molecular complexity index is 501. The minimum atomic E-state index is -0.703. The van der Waals surface area contributed by atoms with E-state index >= 15 is 0 Å². The highest BCUT2D eigenvalue weighted by Crippen LogP contribution is 2.46. The topological polar surface area (TPSA) is 29.5 Å². The van der Waals surface area contributed by atoms with E-state index in [0.717, 1.165) is 17.7 Å². The number of hydrogen-bond acceptors (Lipinski definition) is 2. The maximum absolute atomic E-state index is 12.2. The van der Waals surface area contributed by atoms with Crippen molar-refractivity contribution in [1.29, 1.82) is 0 Å². The van der Waals surface area contributed by atoms with E-state index < -0.39 is 5.72 Å². The van der Waals surface area contributed by atoms with E-state index in [1.165, 1.54) is 0 Å². The van der Waals surface area contributed by atoms with Crippen LogP contribution in [-0.4, -0.2) is 17.5 Å². The van der Waals surface area contributed by atoms with E-state index in [4.69, 9.17) is 16.3 Å².